The largest absolute Gasteiger partial charge is 0.311 e. The van der Waals surface area contributed by atoms with Gasteiger partial charge in [-0.3, -0.25) is 9.97 Å². The summed E-state index contributed by atoms with van der Waals surface area (Å²) in [5.41, 5.74) is 15.1. The normalized spacial score (nSPS) is 11.1. The second kappa shape index (κ2) is 17.0. The van der Waals surface area contributed by atoms with Crippen LogP contribution in [-0.2, 0) is 0 Å². The topological polar surface area (TPSA) is 32.3 Å². The Hall–Kier alpha value is -8.60. The van der Waals surface area contributed by atoms with Crippen LogP contribution in [0.2, 0.25) is 0 Å². The molecule has 0 saturated carbocycles. The van der Waals surface area contributed by atoms with E-state index < -0.39 is 0 Å². The van der Waals surface area contributed by atoms with Crippen molar-refractivity contribution in [1.29, 1.82) is 0 Å². The van der Waals surface area contributed by atoms with Crippen LogP contribution in [0.4, 0.5) is 34.1 Å². The standard InChI is InChI=1S/C60H42N4/c1-4-22-47(23-5-1)63(48-24-6-2-7-25-48)50-32-34-51(35-33-50)64(49-26-8-3-9-27-49)52-36-37-55-56(42-52)60(46-21-17-19-44(41-46)58-31-13-15-39-62-58)54-29-11-10-28-53(54)59(55)45-20-16-18-43(40-45)57-30-12-14-38-61-57/h1-42H. The lowest BCUT2D eigenvalue weighted by molar-refractivity contribution is 1.26. The van der Waals surface area contributed by atoms with E-state index >= 15 is 0 Å². The maximum absolute atomic E-state index is 4.74. The van der Waals surface area contributed by atoms with Crippen LogP contribution in [0.1, 0.15) is 0 Å². The maximum Gasteiger partial charge on any atom is 0.0702 e. The lowest BCUT2D eigenvalue weighted by atomic mass is 9.85. The minimum atomic E-state index is 0.943. The first kappa shape index (κ1) is 38.3. The zero-order chi connectivity index (χ0) is 42.7. The Balaban J connectivity index is 1.14. The van der Waals surface area contributed by atoms with Crippen LogP contribution >= 0.6 is 0 Å². The van der Waals surface area contributed by atoms with Gasteiger partial charge < -0.3 is 9.80 Å². The van der Waals surface area contributed by atoms with Gasteiger partial charge in [-0.15, -0.1) is 0 Å². The first-order chi connectivity index (χ1) is 31.8. The quantitative estimate of drug-likeness (QED) is 0.129. The molecule has 64 heavy (non-hydrogen) atoms. The molecule has 0 saturated heterocycles. The molecule has 0 spiro atoms. The van der Waals surface area contributed by atoms with Crippen molar-refractivity contribution < 1.29 is 0 Å². The summed E-state index contributed by atoms with van der Waals surface area (Å²) in [5.74, 6) is 0. The molecule has 302 valence electrons. The third kappa shape index (κ3) is 7.33. The molecule has 0 unspecified atom stereocenters. The van der Waals surface area contributed by atoms with Crippen molar-refractivity contribution in [2.24, 2.45) is 0 Å². The number of hydrogen-bond donors (Lipinski definition) is 0. The fourth-order valence-corrected chi connectivity index (χ4v) is 9.04. The smallest absolute Gasteiger partial charge is 0.0702 e. The van der Waals surface area contributed by atoms with Gasteiger partial charge in [0.1, 0.15) is 0 Å². The average molecular weight is 819 g/mol. The molecule has 11 rings (SSSR count). The molecule has 4 heteroatoms. The van der Waals surface area contributed by atoms with Crippen LogP contribution in [0.5, 0.6) is 0 Å². The van der Waals surface area contributed by atoms with E-state index in [1.165, 1.54) is 27.3 Å². The van der Waals surface area contributed by atoms with Gasteiger partial charge in [-0.2, -0.15) is 0 Å². The molecular weight excluding hydrogens is 777 g/mol. The average Bonchev–Trinajstić information content (AvgIpc) is 3.38. The second-order valence-electron chi connectivity index (χ2n) is 15.8. The summed E-state index contributed by atoms with van der Waals surface area (Å²) in [4.78, 5) is 14.1. The van der Waals surface area contributed by atoms with Gasteiger partial charge in [0.2, 0.25) is 0 Å². The Kier molecular flexibility index (Phi) is 10.2. The molecule has 11 aromatic rings. The molecule has 0 bridgehead atoms. The molecule has 0 N–H and O–H groups in total. The summed E-state index contributed by atoms with van der Waals surface area (Å²) >= 11 is 0. The molecular formula is C60H42N4. The van der Waals surface area contributed by atoms with E-state index in [2.05, 4.69) is 228 Å². The predicted molar refractivity (Wildman–Crippen MR) is 268 cm³/mol. The lowest BCUT2D eigenvalue weighted by Crippen LogP contribution is -2.12. The third-order valence-corrected chi connectivity index (χ3v) is 11.9. The van der Waals surface area contributed by atoms with Crippen molar-refractivity contribution >= 4 is 55.7 Å². The predicted octanol–water partition coefficient (Wildman–Crippen LogP) is 16.4. The van der Waals surface area contributed by atoms with E-state index in [1.807, 2.05) is 36.7 Å². The molecule has 0 fully saturated rings. The Morgan fingerprint density at radius 1 is 0.234 bits per heavy atom. The van der Waals surface area contributed by atoms with Crippen molar-refractivity contribution in [2.75, 3.05) is 9.80 Å². The van der Waals surface area contributed by atoms with Crippen molar-refractivity contribution in [1.82, 2.24) is 9.97 Å². The molecule has 0 radical (unpaired) electrons. The van der Waals surface area contributed by atoms with Gasteiger partial charge in [0, 0.05) is 57.6 Å². The van der Waals surface area contributed by atoms with Crippen molar-refractivity contribution in [3.63, 3.8) is 0 Å². The maximum atomic E-state index is 4.74. The summed E-state index contributed by atoms with van der Waals surface area (Å²) < 4.78 is 0. The second-order valence-corrected chi connectivity index (χ2v) is 15.8. The van der Waals surface area contributed by atoms with E-state index in [1.54, 1.807) is 0 Å². The van der Waals surface area contributed by atoms with E-state index in [9.17, 15) is 0 Å². The van der Waals surface area contributed by atoms with E-state index in [-0.39, 0.29) is 0 Å². The minimum Gasteiger partial charge on any atom is -0.311 e. The summed E-state index contributed by atoms with van der Waals surface area (Å²) in [6.07, 6.45) is 3.72. The van der Waals surface area contributed by atoms with Crippen LogP contribution in [0, 0.1) is 0 Å². The summed E-state index contributed by atoms with van der Waals surface area (Å²) in [6.45, 7) is 0. The monoisotopic (exact) mass is 818 g/mol. The number of aromatic nitrogens is 2. The number of nitrogens with zero attached hydrogens (tertiary/aromatic N) is 4. The molecule has 0 aliphatic heterocycles. The van der Waals surface area contributed by atoms with Gasteiger partial charge in [-0.25, -0.2) is 0 Å². The molecule has 0 amide bonds. The van der Waals surface area contributed by atoms with Crippen LogP contribution in [0.15, 0.2) is 255 Å². The SMILES string of the molecule is c1ccc(N(c2ccccc2)c2ccc(N(c3ccccc3)c3ccc4c(-c5cccc(-c6ccccn6)c5)c5ccccc5c(-c5cccc(-c6ccccn6)c5)c4c3)cc2)cc1. The Morgan fingerprint density at radius 3 is 1.05 bits per heavy atom. The molecule has 0 aliphatic rings. The first-order valence-electron chi connectivity index (χ1n) is 21.6. The van der Waals surface area contributed by atoms with Gasteiger partial charge in [0.05, 0.1) is 11.4 Å². The van der Waals surface area contributed by atoms with Crippen LogP contribution in [0.25, 0.3) is 66.3 Å². The lowest BCUT2D eigenvalue weighted by Gasteiger charge is -2.29. The highest BCUT2D eigenvalue weighted by molar-refractivity contribution is 6.22. The Morgan fingerprint density at radius 2 is 0.594 bits per heavy atom. The van der Waals surface area contributed by atoms with Crippen LogP contribution < -0.4 is 9.80 Å². The molecule has 9 aromatic carbocycles. The number of rotatable bonds is 10. The van der Waals surface area contributed by atoms with Crippen LogP contribution in [-0.4, -0.2) is 9.97 Å². The van der Waals surface area contributed by atoms with Gasteiger partial charge in [0.15, 0.2) is 0 Å². The van der Waals surface area contributed by atoms with Gasteiger partial charge in [-0.1, -0.05) is 133 Å². The van der Waals surface area contributed by atoms with E-state index in [0.29, 0.717) is 0 Å². The molecule has 2 aromatic heterocycles. The van der Waals surface area contributed by atoms with Crippen LogP contribution in [0.3, 0.4) is 0 Å². The van der Waals surface area contributed by atoms with Crippen molar-refractivity contribution in [2.45, 2.75) is 0 Å². The summed E-state index contributed by atoms with van der Waals surface area (Å²) in [7, 11) is 0. The van der Waals surface area contributed by atoms with Crippen molar-refractivity contribution in [3.05, 3.63) is 255 Å². The Labute approximate surface area is 373 Å². The molecule has 2 heterocycles. The summed E-state index contributed by atoms with van der Waals surface area (Å²) in [6, 6.07) is 86.3. The zero-order valence-corrected chi connectivity index (χ0v) is 35.0. The minimum absolute atomic E-state index is 0.943. The highest BCUT2D eigenvalue weighted by Gasteiger charge is 2.21. The highest BCUT2D eigenvalue weighted by Crippen LogP contribution is 2.47. The number of benzene rings is 9. The third-order valence-electron chi connectivity index (χ3n) is 11.9. The van der Waals surface area contributed by atoms with Crippen molar-refractivity contribution in [3.8, 4) is 44.8 Å². The Bertz CT molecular complexity index is 3320. The van der Waals surface area contributed by atoms with Gasteiger partial charge in [0.25, 0.3) is 0 Å². The number of para-hydroxylation sites is 3. The number of anilines is 6. The first-order valence-corrected chi connectivity index (χ1v) is 21.6. The highest BCUT2D eigenvalue weighted by atomic mass is 15.2. The fourth-order valence-electron chi connectivity index (χ4n) is 9.04. The number of pyridine rings is 2. The fraction of sp³-hybridized carbons (Fsp3) is 0. The molecule has 0 aliphatic carbocycles. The van der Waals surface area contributed by atoms with Gasteiger partial charge >= 0.3 is 0 Å². The van der Waals surface area contributed by atoms with Gasteiger partial charge in [-0.05, 0) is 153 Å². The van der Waals surface area contributed by atoms with E-state index in [4.69, 9.17) is 9.97 Å². The summed E-state index contributed by atoms with van der Waals surface area (Å²) in [5, 5.41) is 4.70. The molecule has 4 nitrogen and oxygen atoms in total. The van der Waals surface area contributed by atoms with E-state index in [0.717, 1.165) is 73.2 Å². The number of fused-ring (bicyclic) bond motifs is 2. The number of hydrogen-bond acceptors (Lipinski definition) is 4. The molecule has 0 atom stereocenters. The zero-order valence-electron chi connectivity index (χ0n) is 35.0.